The molecule has 1 unspecified atom stereocenters. The maximum Gasteiger partial charge on any atom is 0.0826 e. The summed E-state index contributed by atoms with van der Waals surface area (Å²) < 4.78 is 11.3. The van der Waals surface area contributed by atoms with E-state index in [2.05, 4.69) is 24.1 Å². The zero-order chi connectivity index (χ0) is 12.5. The minimum Gasteiger partial charge on any atom is -0.380 e. The van der Waals surface area contributed by atoms with Gasteiger partial charge in [-0.3, -0.25) is 4.90 Å². The number of morpholine rings is 1. The van der Waals surface area contributed by atoms with E-state index >= 15 is 0 Å². The Balaban J connectivity index is 2.02. The number of nitrogens with zero attached hydrogens (tertiary/aromatic N) is 1. The van der Waals surface area contributed by atoms with Gasteiger partial charge in [-0.2, -0.15) is 0 Å². The molecule has 0 amide bonds. The summed E-state index contributed by atoms with van der Waals surface area (Å²) in [5.74, 6) is 0.735. The summed E-state index contributed by atoms with van der Waals surface area (Å²) in [5, 5.41) is 3.16. The smallest absolute Gasteiger partial charge is 0.0826 e. The molecule has 1 rings (SSSR count). The lowest BCUT2D eigenvalue weighted by atomic mass is 10.1. The molecule has 1 aliphatic heterocycles. The normalized spacial score (nSPS) is 22.2. The van der Waals surface area contributed by atoms with Gasteiger partial charge < -0.3 is 14.8 Å². The van der Waals surface area contributed by atoms with Crippen molar-refractivity contribution in [1.82, 2.24) is 10.2 Å². The zero-order valence-electron chi connectivity index (χ0n) is 11.6. The molecule has 1 heterocycles. The third kappa shape index (κ3) is 6.99. The van der Waals surface area contributed by atoms with E-state index in [1.54, 1.807) is 0 Å². The predicted molar refractivity (Wildman–Crippen MR) is 70.4 cm³/mol. The van der Waals surface area contributed by atoms with Crippen molar-refractivity contribution in [2.75, 3.05) is 53.0 Å². The number of hydrogen-bond acceptors (Lipinski definition) is 4. The molecule has 4 heteroatoms. The Morgan fingerprint density at radius 3 is 2.94 bits per heavy atom. The van der Waals surface area contributed by atoms with Gasteiger partial charge in [0.2, 0.25) is 0 Å². The fourth-order valence-corrected chi connectivity index (χ4v) is 1.95. The Kier molecular flexibility index (Phi) is 7.77. The zero-order valence-corrected chi connectivity index (χ0v) is 11.6. The third-order valence-electron chi connectivity index (χ3n) is 3.05. The van der Waals surface area contributed by atoms with Crippen molar-refractivity contribution in [1.29, 1.82) is 0 Å². The molecule has 0 radical (unpaired) electrons. The predicted octanol–water partition coefficient (Wildman–Crippen LogP) is 0.969. The van der Waals surface area contributed by atoms with Gasteiger partial charge in [0, 0.05) is 32.8 Å². The van der Waals surface area contributed by atoms with E-state index in [-0.39, 0.29) is 0 Å². The summed E-state index contributed by atoms with van der Waals surface area (Å²) in [5.41, 5.74) is 0. The summed E-state index contributed by atoms with van der Waals surface area (Å²) in [7, 11) is 1.97. The summed E-state index contributed by atoms with van der Waals surface area (Å²) in [6.45, 7) is 11.1. The van der Waals surface area contributed by atoms with Crippen molar-refractivity contribution in [2.24, 2.45) is 5.92 Å². The SMILES string of the molecule is CNCC1CN(CCOCCC(C)C)CCO1. The van der Waals surface area contributed by atoms with Crippen molar-refractivity contribution in [3.63, 3.8) is 0 Å². The highest BCUT2D eigenvalue weighted by Crippen LogP contribution is 2.04. The van der Waals surface area contributed by atoms with Crippen LogP contribution in [0, 0.1) is 5.92 Å². The van der Waals surface area contributed by atoms with Crippen LogP contribution in [0.1, 0.15) is 20.3 Å². The largest absolute Gasteiger partial charge is 0.380 e. The van der Waals surface area contributed by atoms with Gasteiger partial charge in [0.15, 0.2) is 0 Å². The van der Waals surface area contributed by atoms with Gasteiger partial charge in [-0.15, -0.1) is 0 Å². The molecule has 0 aliphatic carbocycles. The summed E-state index contributed by atoms with van der Waals surface area (Å²) in [4.78, 5) is 2.43. The van der Waals surface area contributed by atoms with Crippen LogP contribution in [0.3, 0.4) is 0 Å². The average molecular weight is 244 g/mol. The van der Waals surface area contributed by atoms with Gasteiger partial charge in [0.1, 0.15) is 0 Å². The summed E-state index contributed by atoms with van der Waals surface area (Å²) >= 11 is 0. The van der Waals surface area contributed by atoms with E-state index in [0.717, 1.165) is 58.3 Å². The van der Waals surface area contributed by atoms with Crippen LogP contribution < -0.4 is 5.32 Å². The Labute approximate surface area is 106 Å². The molecule has 0 aromatic heterocycles. The maximum atomic E-state index is 5.66. The number of rotatable bonds is 8. The Morgan fingerprint density at radius 1 is 1.41 bits per heavy atom. The van der Waals surface area contributed by atoms with Gasteiger partial charge in [-0.05, 0) is 19.4 Å². The van der Waals surface area contributed by atoms with Crippen molar-refractivity contribution in [3.8, 4) is 0 Å². The molecule has 0 aromatic carbocycles. The Bertz CT molecular complexity index is 186. The molecule has 0 spiro atoms. The second-order valence-electron chi connectivity index (χ2n) is 5.15. The number of ether oxygens (including phenoxy) is 2. The molecule has 102 valence electrons. The molecule has 1 atom stereocenters. The van der Waals surface area contributed by atoms with Crippen LogP contribution in [-0.2, 0) is 9.47 Å². The van der Waals surface area contributed by atoms with Crippen LogP contribution in [-0.4, -0.2) is 64.1 Å². The lowest BCUT2D eigenvalue weighted by Crippen LogP contribution is -2.47. The van der Waals surface area contributed by atoms with E-state index in [0.29, 0.717) is 6.10 Å². The van der Waals surface area contributed by atoms with E-state index in [1.807, 2.05) is 7.05 Å². The number of likely N-dealkylation sites (N-methyl/N-ethyl adjacent to an activating group) is 1. The summed E-state index contributed by atoms with van der Waals surface area (Å²) in [6, 6.07) is 0. The molecule has 1 fully saturated rings. The molecule has 4 nitrogen and oxygen atoms in total. The van der Waals surface area contributed by atoms with Crippen LogP contribution in [0.4, 0.5) is 0 Å². The van der Waals surface area contributed by atoms with Crippen molar-refractivity contribution >= 4 is 0 Å². The van der Waals surface area contributed by atoms with Crippen LogP contribution in [0.5, 0.6) is 0 Å². The van der Waals surface area contributed by atoms with Crippen LogP contribution in [0.25, 0.3) is 0 Å². The number of nitrogens with one attached hydrogen (secondary N) is 1. The standard InChI is InChI=1S/C13H28N2O2/c1-12(2)4-7-16-8-5-15-6-9-17-13(11-15)10-14-3/h12-14H,4-11H2,1-3H3. The Morgan fingerprint density at radius 2 is 2.24 bits per heavy atom. The van der Waals surface area contributed by atoms with Gasteiger partial charge in [0.25, 0.3) is 0 Å². The molecule has 0 aromatic rings. The highest BCUT2D eigenvalue weighted by atomic mass is 16.5. The van der Waals surface area contributed by atoms with Gasteiger partial charge in [0.05, 0.1) is 19.3 Å². The molecule has 1 N–H and O–H groups in total. The van der Waals surface area contributed by atoms with E-state index in [1.165, 1.54) is 0 Å². The highest BCUT2D eigenvalue weighted by molar-refractivity contribution is 4.72. The van der Waals surface area contributed by atoms with Crippen molar-refractivity contribution < 1.29 is 9.47 Å². The second-order valence-corrected chi connectivity index (χ2v) is 5.15. The lowest BCUT2D eigenvalue weighted by Gasteiger charge is -2.32. The molecule has 1 aliphatic rings. The molecular weight excluding hydrogens is 216 g/mol. The van der Waals surface area contributed by atoms with E-state index in [9.17, 15) is 0 Å². The van der Waals surface area contributed by atoms with E-state index < -0.39 is 0 Å². The first-order chi connectivity index (χ1) is 8.22. The van der Waals surface area contributed by atoms with Crippen molar-refractivity contribution in [2.45, 2.75) is 26.4 Å². The summed E-state index contributed by atoms with van der Waals surface area (Å²) in [6.07, 6.45) is 1.50. The third-order valence-corrected chi connectivity index (χ3v) is 3.05. The van der Waals surface area contributed by atoms with Gasteiger partial charge in [-0.1, -0.05) is 13.8 Å². The minimum atomic E-state index is 0.337. The van der Waals surface area contributed by atoms with Crippen LogP contribution in [0.15, 0.2) is 0 Å². The van der Waals surface area contributed by atoms with Crippen molar-refractivity contribution in [3.05, 3.63) is 0 Å². The Hall–Kier alpha value is -0.160. The van der Waals surface area contributed by atoms with Crippen LogP contribution >= 0.6 is 0 Å². The maximum absolute atomic E-state index is 5.66. The van der Waals surface area contributed by atoms with Gasteiger partial charge >= 0.3 is 0 Å². The molecule has 1 saturated heterocycles. The fourth-order valence-electron chi connectivity index (χ4n) is 1.95. The van der Waals surface area contributed by atoms with Crippen LogP contribution in [0.2, 0.25) is 0 Å². The molecular formula is C13H28N2O2. The molecule has 17 heavy (non-hydrogen) atoms. The lowest BCUT2D eigenvalue weighted by molar-refractivity contribution is -0.0344. The monoisotopic (exact) mass is 244 g/mol. The topological polar surface area (TPSA) is 33.7 Å². The minimum absolute atomic E-state index is 0.337. The first kappa shape index (κ1) is 14.9. The first-order valence-corrected chi connectivity index (χ1v) is 6.78. The quantitative estimate of drug-likeness (QED) is 0.645. The molecule has 0 bridgehead atoms. The van der Waals surface area contributed by atoms with Gasteiger partial charge in [-0.25, -0.2) is 0 Å². The highest BCUT2D eigenvalue weighted by Gasteiger charge is 2.19. The van der Waals surface area contributed by atoms with E-state index in [4.69, 9.17) is 9.47 Å². The molecule has 0 saturated carbocycles. The average Bonchev–Trinajstić information content (AvgIpc) is 2.29. The number of hydrogen-bond donors (Lipinski definition) is 1. The first-order valence-electron chi connectivity index (χ1n) is 6.78. The second kappa shape index (κ2) is 8.86. The fraction of sp³-hybridized carbons (Fsp3) is 1.00.